The molecule has 0 radical (unpaired) electrons. The Morgan fingerprint density at radius 3 is 2.72 bits per heavy atom. The fourth-order valence-corrected chi connectivity index (χ4v) is 5.24. The number of benzene rings is 1. The first-order chi connectivity index (χ1) is 18.5. The molecular formula is C29H31FN6O3. The number of aromatic nitrogens is 3. The molecule has 202 valence electrons. The molecule has 2 aromatic heterocycles. The minimum absolute atomic E-state index is 0.0637. The highest BCUT2D eigenvalue weighted by atomic mass is 19.1. The molecule has 39 heavy (non-hydrogen) atoms. The summed E-state index contributed by atoms with van der Waals surface area (Å²) in [4.78, 5) is 32.2. The maximum Gasteiger partial charge on any atom is 0.270 e. The Labute approximate surface area is 226 Å². The predicted molar refractivity (Wildman–Crippen MR) is 142 cm³/mol. The number of nitriles is 1. The number of halogens is 1. The summed E-state index contributed by atoms with van der Waals surface area (Å²) >= 11 is 0. The maximum atomic E-state index is 14.5. The summed E-state index contributed by atoms with van der Waals surface area (Å²) in [6, 6.07) is 10.1. The smallest absolute Gasteiger partial charge is 0.270 e. The molecule has 1 saturated carbocycles. The third-order valence-electron chi connectivity index (χ3n) is 7.24. The molecule has 2 aliphatic rings. The quantitative estimate of drug-likeness (QED) is 0.457. The van der Waals surface area contributed by atoms with Gasteiger partial charge in [0.05, 0.1) is 24.4 Å². The Balaban J connectivity index is 1.30. The molecule has 10 heteroatoms. The van der Waals surface area contributed by atoms with E-state index in [1.807, 2.05) is 0 Å². The molecule has 9 nitrogen and oxygen atoms in total. The Morgan fingerprint density at radius 2 is 2.03 bits per heavy atom. The Hall–Kier alpha value is -4.10. The molecule has 2 N–H and O–H groups in total. The Bertz CT molecular complexity index is 1480. The van der Waals surface area contributed by atoms with Crippen LogP contribution in [-0.4, -0.2) is 43.8 Å². The van der Waals surface area contributed by atoms with Crippen LogP contribution in [0.25, 0.3) is 11.1 Å². The number of amides is 2. The van der Waals surface area contributed by atoms with E-state index < -0.39 is 22.7 Å². The number of nitrogens with zero attached hydrogens (tertiary/aromatic N) is 5. The van der Waals surface area contributed by atoms with Crippen LogP contribution in [0, 0.1) is 35.4 Å². The van der Waals surface area contributed by atoms with Crippen LogP contribution in [0.2, 0.25) is 0 Å². The normalized spacial score (nSPS) is 19.3. The average Bonchev–Trinajstić information content (AvgIpc) is 3.53. The van der Waals surface area contributed by atoms with E-state index in [9.17, 15) is 24.3 Å². The van der Waals surface area contributed by atoms with Crippen LogP contribution in [0.1, 0.15) is 54.9 Å². The SMILES string of the molecule is Cc1cc(N2CC[C@@](C#N)(C3CC3)C2=O)cc(C(=O)NCc2cc(F)cc(-c3cnn(CC(C)(C)O)c3)c2)n1. The van der Waals surface area contributed by atoms with Crippen molar-refractivity contribution in [2.45, 2.75) is 58.7 Å². The van der Waals surface area contributed by atoms with Gasteiger partial charge in [-0.15, -0.1) is 0 Å². The van der Waals surface area contributed by atoms with Crippen molar-refractivity contribution in [3.05, 3.63) is 65.5 Å². The molecule has 2 fully saturated rings. The average molecular weight is 531 g/mol. The number of aryl methyl sites for hydroxylation is 1. The van der Waals surface area contributed by atoms with Gasteiger partial charge >= 0.3 is 0 Å². The fourth-order valence-electron chi connectivity index (χ4n) is 5.24. The van der Waals surface area contributed by atoms with Crippen molar-refractivity contribution < 1.29 is 19.1 Å². The zero-order valence-electron chi connectivity index (χ0n) is 22.2. The monoisotopic (exact) mass is 530 g/mol. The predicted octanol–water partition coefficient (Wildman–Crippen LogP) is 3.75. The number of pyridine rings is 1. The van der Waals surface area contributed by atoms with Crippen LogP contribution >= 0.6 is 0 Å². The van der Waals surface area contributed by atoms with Gasteiger partial charge in [0.15, 0.2) is 0 Å². The molecule has 5 rings (SSSR count). The van der Waals surface area contributed by atoms with Gasteiger partial charge in [0.2, 0.25) is 5.91 Å². The summed E-state index contributed by atoms with van der Waals surface area (Å²) in [6.07, 6.45) is 5.60. The first-order valence-corrected chi connectivity index (χ1v) is 13.0. The summed E-state index contributed by atoms with van der Waals surface area (Å²) in [5, 5.41) is 26.8. The lowest BCUT2D eigenvalue weighted by atomic mass is 9.83. The van der Waals surface area contributed by atoms with Crippen LogP contribution in [0.15, 0.2) is 42.7 Å². The van der Waals surface area contributed by atoms with E-state index in [4.69, 9.17) is 0 Å². The second-order valence-electron chi connectivity index (χ2n) is 11.2. The molecule has 1 saturated heterocycles. The second kappa shape index (κ2) is 9.89. The summed E-state index contributed by atoms with van der Waals surface area (Å²) in [5.41, 5.74) is 1.19. The highest BCUT2D eigenvalue weighted by Gasteiger charge is 2.56. The Morgan fingerprint density at radius 1 is 1.26 bits per heavy atom. The van der Waals surface area contributed by atoms with Crippen molar-refractivity contribution in [2.75, 3.05) is 11.4 Å². The number of hydrogen-bond donors (Lipinski definition) is 2. The van der Waals surface area contributed by atoms with Gasteiger partial charge in [0, 0.05) is 36.2 Å². The first kappa shape index (κ1) is 26.5. The van der Waals surface area contributed by atoms with E-state index in [1.54, 1.807) is 60.9 Å². The minimum atomic E-state index is -0.973. The molecule has 1 aliphatic carbocycles. The first-order valence-electron chi connectivity index (χ1n) is 13.0. The van der Waals surface area contributed by atoms with Crippen LogP contribution in [0.5, 0.6) is 0 Å². The van der Waals surface area contributed by atoms with Gasteiger partial charge < -0.3 is 15.3 Å². The molecule has 1 aromatic carbocycles. The summed E-state index contributed by atoms with van der Waals surface area (Å²) in [7, 11) is 0. The lowest BCUT2D eigenvalue weighted by Crippen LogP contribution is -2.35. The van der Waals surface area contributed by atoms with Crippen molar-refractivity contribution in [3.63, 3.8) is 0 Å². The molecule has 3 aromatic rings. The van der Waals surface area contributed by atoms with Crippen LogP contribution in [0.4, 0.5) is 10.1 Å². The summed E-state index contributed by atoms with van der Waals surface area (Å²) in [6.45, 7) is 5.88. The molecule has 0 spiro atoms. The van der Waals surface area contributed by atoms with Gasteiger partial charge in [-0.05, 0) is 87.4 Å². The third-order valence-corrected chi connectivity index (χ3v) is 7.24. The topological polar surface area (TPSA) is 124 Å². The number of aliphatic hydroxyl groups is 1. The van der Waals surface area contributed by atoms with E-state index >= 15 is 0 Å². The zero-order chi connectivity index (χ0) is 27.9. The summed E-state index contributed by atoms with van der Waals surface area (Å²) < 4.78 is 16.1. The van der Waals surface area contributed by atoms with E-state index in [0.29, 0.717) is 41.0 Å². The van der Waals surface area contributed by atoms with Gasteiger partial charge in [-0.2, -0.15) is 10.4 Å². The molecule has 1 aliphatic heterocycles. The molecule has 0 bridgehead atoms. The third kappa shape index (κ3) is 5.54. The number of anilines is 1. The number of rotatable bonds is 8. The van der Waals surface area contributed by atoms with Crippen molar-refractivity contribution in [1.82, 2.24) is 20.1 Å². The molecular weight excluding hydrogens is 499 g/mol. The second-order valence-corrected chi connectivity index (χ2v) is 11.2. The van der Waals surface area contributed by atoms with Gasteiger partial charge in [0.25, 0.3) is 5.91 Å². The van der Waals surface area contributed by atoms with Crippen LogP contribution in [-0.2, 0) is 17.9 Å². The van der Waals surface area contributed by atoms with Crippen molar-refractivity contribution in [2.24, 2.45) is 11.3 Å². The van der Waals surface area contributed by atoms with E-state index in [1.165, 1.54) is 12.1 Å². The number of nitrogens with one attached hydrogen (secondary N) is 1. The van der Waals surface area contributed by atoms with E-state index in [-0.39, 0.29) is 30.6 Å². The Kier molecular flexibility index (Phi) is 6.72. The van der Waals surface area contributed by atoms with Crippen molar-refractivity contribution in [3.8, 4) is 17.2 Å². The lowest BCUT2D eigenvalue weighted by Gasteiger charge is -2.21. The van der Waals surface area contributed by atoms with Gasteiger partial charge in [-0.3, -0.25) is 14.3 Å². The lowest BCUT2D eigenvalue weighted by molar-refractivity contribution is -0.123. The number of carbonyl (C=O) groups is 2. The maximum absolute atomic E-state index is 14.5. The standard InChI is InChI=1S/C29H31FN6O3/c1-18-8-24(36-7-6-29(16-31,27(36)38)22-4-5-22)12-25(34-18)26(37)32-13-19-9-20(11-23(30)10-19)21-14-33-35(15-21)17-28(2,3)39/h8-12,14-15,22,39H,4-7,13,17H2,1-3H3,(H,32,37)/t29-/m1/s1. The van der Waals surface area contributed by atoms with Gasteiger partial charge in [-0.25, -0.2) is 9.37 Å². The van der Waals surface area contributed by atoms with Crippen LogP contribution in [0.3, 0.4) is 0 Å². The van der Waals surface area contributed by atoms with Gasteiger partial charge in [0.1, 0.15) is 16.9 Å². The van der Waals surface area contributed by atoms with E-state index in [0.717, 1.165) is 12.8 Å². The number of hydrogen-bond acceptors (Lipinski definition) is 6. The summed E-state index contributed by atoms with van der Waals surface area (Å²) in [5.74, 6) is -1.00. The zero-order valence-corrected chi connectivity index (χ0v) is 22.2. The van der Waals surface area contributed by atoms with Crippen LogP contribution < -0.4 is 10.2 Å². The van der Waals surface area contributed by atoms with E-state index in [2.05, 4.69) is 21.5 Å². The van der Waals surface area contributed by atoms with Gasteiger partial charge in [-0.1, -0.05) is 0 Å². The molecule has 2 amide bonds. The largest absolute Gasteiger partial charge is 0.389 e. The minimum Gasteiger partial charge on any atom is -0.389 e. The van der Waals surface area contributed by atoms with Crippen molar-refractivity contribution in [1.29, 1.82) is 5.26 Å². The number of carbonyl (C=O) groups excluding carboxylic acids is 2. The highest BCUT2D eigenvalue weighted by Crippen LogP contribution is 2.51. The van der Waals surface area contributed by atoms with Crippen molar-refractivity contribution >= 4 is 17.5 Å². The fraction of sp³-hybridized carbons (Fsp3) is 0.414. The molecule has 1 atom stereocenters. The molecule has 3 heterocycles. The highest BCUT2D eigenvalue weighted by molar-refractivity contribution is 6.03. The molecule has 0 unspecified atom stereocenters.